The third-order valence-electron chi connectivity index (χ3n) is 3.90. The van der Waals surface area contributed by atoms with E-state index in [-0.39, 0.29) is 6.03 Å². The van der Waals surface area contributed by atoms with Gasteiger partial charge in [0.15, 0.2) is 0 Å². The Morgan fingerprint density at radius 1 is 1.06 bits per heavy atom. The number of likely N-dealkylation sites (tertiary alicyclic amines) is 1. The maximum Gasteiger partial charge on any atom is 0.317 e. The second-order valence-corrected chi connectivity index (χ2v) is 5.76. The van der Waals surface area contributed by atoms with Crippen LogP contribution in [0.2, 0.25) is 0 Å². The molecule has 2 atom stereocenters. The highest BCUT2D eigenvalue weighted by Gasteiger charge is 2.27. The van der Waals surface area contributed by atoms with E-state index in [1.165, 1.54) is 19.3 Å². The molecule has 1 aliphatic heterocycles. The summed E-state index contributed by atoms with van der Waals surface area (Å²) in [4.78, 5) is 13.9. The van der Waals surface area contributed by atoms with Crippen molar-refractivity contribution in [1.29, 1.82) is 0 Å². The Morgan fingerprint density at radius 3 is 2.19 bits per heavy atom. The number of carbonyl (C=O) groups is 1. The number of amides is 2. The summed E-state index contributed by atoms with van der Waals surface area (Å²) >= 11 is 0. The normalized spacial score (nSPS) is 35.1. The molecule has 16 heavy (non-hydrogen) atoms. The average molecular weight is 224 g/mol. The molecule has 0 aromatic rings. The molecular formula is C13H24N2O. The second kappa shape index (κ2) is 5.07. The molecule has 2 aliphatic rings. The number of rotatable bonds is 1. The SMILES string of the molecule is CC1CC(C)CC(NC(=O)N2CCCC2)C1. The third kappa shape index (κ3) is 2.89. The maximum atomic E-state index is 11.9. The van der Waals surface area contributed by atoms with Crippen LogP contribution in [0.4, 0.5) is 4.79 Å². The van der Waals surface area contributed by atoms with Crippen LogP contribution in [0.1, 0.15) is 46.0 Å². The van der Waals surface area contributed by atoms with Gasteiger partial charge in [-0.2, -0.15) is 0 Å². The van der Waals surface area contributed by atoms with Crippen molar-refractivity contribution in [3.63, 3.8) is 0 Å². The first-order valence-electron chi connectivity index (χ1n) is 6.70. The Labute approximate surface area is 98.6 Å². The number of nitrogens with one attached hydrogen (secondary N) is 1. The van der Waals surface area contributed by atoms with Crippen LogP contribution in [0.3, 0.4) is 0 Å². The van der Waals surface area contributed by atoms with E-state index >= 15 is 0 Å². The van der Waals surface area contributed by atoms with Crippen molar-refractivity contribution in [2.75, 3.05) is 13.1 Å². The van der Waals surface area contributed by atoms with Gasteiger partial charge in [0.25, 0.3) is 0 Å². The topological polar surface area (TPSA) is 32.3 Å². The molecule has 0 bridgehead atoms. The van der Waals surface area contributed by atoms with E-state index in [1.807, 2.05) is 4.90 Å². The van der Waals surface area contributed by atoms with Crippen molar-refractivity contribution in [1.82, 2.24) is 10.2 Å². The molecule has 0 radical (unpaired) electrons. The van der Waals surface area contributed by atoms with Gasteiger partial charge in [0.2, 0.25) is 0 Å². The highest BCUT2D eigenvalue weighted by molar-refractivity contribution is 5.74. The molecule has 2 rings (SSSR count). The minimum absolute atomic E-state index is 0.170. The molecule has 1 N–H and O–H groups in total. The minimum atomic E-state index is 0.170. The van der Waals surface area contributed by atoms with E-state index < -0.39 is 0 Å². The Hall–Kier alpha value is -0.730. The molecule has 0 aromatic carbocycles. The molecule has 2 amide bonds. The zero-order valence-electron chi connectivity index (χ0n) is 10.5. The number of nitrogens with zero attached hydrogens (tertiary/aromatic N) is 1. The quantitative estimate of drug-likeness (QED) is 0.729. The largest absolute Gasteiger partial charge is 0.335 e. The highest BCUT2D eigenvalue weighted by atomic mass is 16.2. The Balaban J connectivity index is 1.81. The molecular weight excluding hydrogens is 200 g/mol. The van der Waals surface area contributed by atoms with E-state index in [0.29, 0.717) is 6.04 Å². The summed E-state index contributed by atoms with van der Waals surface area (Å²) in [6.45, 7) is 6.49. The van der Waals surface area contributed by atoms with Gasteiger partial charge in [-0.05, 0) is 43.9 Å². The summed E-state index contributed by atoms with van der Waals surface area (Å²) in [5.74, 6) is 1.51. The van der Waals surface area contributed by atoms with Gasteiger partial charge in [-0.25, -0.2) is 4.79 Å². The minimum Gasteiger partial charge on any atom is -0.335 e. The molecule has 1 saturated heterocycles. The molecule has 1 saturated carbocycles. The summed E-state index contributed by atoms with van der Waals surface area (Å²) in [5, 5.41) is 3.21. The van der Waals surface area contributed by atoms with Crippen molar-refractivity contribution >= 4 is 6.03 Å². The summed E-state index contributed by atoms with van der Waals surface area (Å²) in [6.07, 6.45) is 5.97. The molecule has 2 fully saturated rings. The molecule has 92 valence electrons. The zero-order chi connectivity index (χ0) is 11.5. The molecule has 1 aliphatic carbocycles. The Kier molecular flexibility index (Phi) is 3.72. The number of hydrogen-bond acceptors (Lipinski definition) is 1. The van der Waals surface area contributed by atoms with E-state index in [4.69, 9.17) is 0 Å². The van der Waals surface area contributed by atoms with Gasteiger partial charge in [0, 0.05) is 19.1 Å². The molecule has 1 heterocycles. The van der Waals surface area contributed by atoms with Crippen LogP contribution in [0.15, 0.2) is 0 Å². The lowest BCUT2D eigenvalue weighted by molar-refractivity contribution is 0.188. The summed E-state index contributed by atoms with van der Waals surface area (Å²) in [6, 6.07) is 0.579. The number of carbonyl (C=O) groups excluding carboxylic acids is 1. The number of hydrogen-bond donors (Lipinski definition) is 1. The molecule has 0 spiro atoms. The van der Waals surface area contributed by atoms with Crippen LogP contribution >= 0.6 is 0 Å². The molecule has 3 nitrogen and oxygen atoms in total. The van der Waals surface area contributed by atoms with Crippen LogP contribution in [0.25, 0.3) is 0 Å². The second-order valence-electron chi connectivity index (χ2n) is 5.76. The van der Waals surface area contributed by atoms with Gasteiger partial charge in [0.1, 0.15) is 0 Å². The lowest BCUT2D eigenvalue weighted by atomic mass is 9.80. The summed E-state index contributed by atoms with van der Waals surface area (Å²) < 4.78 is 0. The smallest absolute Gasteiger partial charge is 0.317 e. The van der Waals surface area contributed by atoms with Crippen LogP contribution in [-0.4, -0.2) is 30.1 Å². The van der Waals surface area contributed by atoms with Crippen LogP contribution in [0.5, 0.6) is 0 Å². The first-order valence-corrected chi connectivity index (χ1v) is 6.70. The predicted molar refractivity (Wildman–Crippen MR) is 65.3 cm³/mol. The molecule has 0 aromatic heterocycles. The molecule has 2 unspecified atom stereocenters. The van der Waals surface area contributed by atoms with Gasteiger partial charge in [0.05, 0.1) is 0 Å². The number of urea groups is 1. The standard InChI is InChI=1S/C13H24N2O/c1-10-7-11(2)9-12(8-10)14-13(16)15-5-3-4-6-15/h10-12H,3-9H2,1-2H3,(H,14,16). The van der Waals surface area contributed by atoms with E-state index in [2.05, 4.69) is 19.2 Å². The van der Waals surface area contributed by atoms with Gasteiger partial charge < -0.3 is 10.2 Å². The van der Waals surface area contributed by atoms with Crippen molar-refractivity contribution in [3.05, 3.63) is 0 Å². The van der Waals surface area contributed by atoms with Crippen LogP contribution < -0.4 is 5.32 Å². The summed E-state index contributed by atoms with van der Waals surface area (Å²) in [7, 11) is 0. The molecule has 3 heteroatoms. The monoisotopic (exact) mass is 224 g/mol. The highest BCUT2D eigenvalue weighted by Crippen LogP contribution is 2.28. The van der Waals surface area contributed by atoms with Crippen LogP contribution in [0, 0.1) is 11.8 Å². The van der Waals surface area contributed by atoms with Crippen molar-refractivity contribution in [2.24, 2.45) is 11.8 Å². The fourth-order valence-electron chi connectivity index (χ4n) is 3.25. The van der Waals surface area contributed by atoms with E-state index in [0.717, 1.165) is 37.8 Å². The first kappa shape index (κ1) is 11.7. The average Bonchev–Trinajstić information content (AvgIpc) is 2.68. The lowest BCUT2D eigenvalue weighted by Crippen LogP contribution is -2.46. The Morgan fingerprint density at radius 2 is 1.62 bits per heavy atom. The summed E-state index contributed by atoms with van der Waals surface area (Å²) in [5.41, 5.74) is 0. The van der Waals surface area contributed by atoms with Gasteiger partial charge in [-0.15, -0.1) is 0 Å². The van der Waals surface area contributed by atoms with Gasteiger partial charge in [-0.3, -0.25) is 0 Å². The van der Waals surface area contributed by atoms with Gasteiger partial charge in [-0.1, -0.05) is 13.8 Å². The van der Waals surface area contributed by atoms with Crippen molar-refractivity contribution in [3.8, 4) is 0 Å². The van der Waals surface area contributed by atoms with Crippen molar-refractivity contribution < 1.29 is 4.79 Å². The Bertz CT molecular complexity index is 238. The van der Waals surface area contributed by atoms with E-state index in [9.17, 15) is 4.79 Å². The predicted octanol–water partition coefficient (Wildman–Crippen LogP) is 2.62. The third-order valence-corrected chi connectivity index (χ3v) is 3.90. The maximum absolute atomic E-state index is 11.9. The van der Waals surface area contributed by atoms with Crippen LogP contribution in [-0.2, 0) is 0 Å². The fraction of sp³-hybridized carbons (Fsp3) is 0.923. The van der Waals surface area contributed by atoms with Gasteiger partial charge >= 0.3 is 6.03 Å². The van der Waals surface area contributed by atoms with E-state index in [1.54, 1.807) is 0 Å². The lowest BCUT2D eigenvalue weighted by Gasteiger charge is -2.33. The first-order chi connectivity index (χ1) is 7.65. The zero-order valence-corrected chi connectivity index (χ0v) is 10.5. The van der Waals surface area contributed by atoms with Crippen molar-refractivity contribution in [2.45, 2.75) is 52.0 Å². The fourth-order valence-corrected chi connectivity index (χ4v) is 3.25.